The van der Waals surface area contributed by atoms with Crippen molar-refractivity contribution in [2.45, 2.75) is 6.42 Å². The van der Waals surface area contributed by atoms with Crippen LogP contribution in [0.5, 0.6) is 0 Å². The Hall–Kier alpha value is -1.59. The van der Waals surface area contributed by atoms with Gasteiger partial charge < -0.3 is 10.4 Å². The summed E-state index contributed by atoms with van der Waals surface area (Å²) in [6, 6.07) is 0. The standard InChI is InChI=1S/C6H8N4O2/c11-6(12)3-1-4-5(7-2-3)9-10-8-4/h3H,1-2H2,(H,11,12)(H2,7,8,9,10). The summed E-state index contributed by atoms with van der Waals surface area (Å²) in [7, 11) is 0. The van der Waals surface area contributed by atoms with E-state index in [1.807, 2.05) is 0 Å². The van der Waals surface area contributed by atoms with Crippen molar-refractivity contribution in [1.82, 2.24) is 15.4 Å². The lowest BCUT2D eigenvalue weighted by Crippen LogP contribution is -2.29. The van der Waals surface area contributed by atoms with E-state index in [2.05, 4.69) is 20.7 Å². The first-order valence-corrected chi connectivity index (χ1v) is 3.63. The number of H-pyrrole nitrogens is 1. The van der Waals surface area contributed by atoms with Gasteiger partial charge in [0.15, 0.2) is 5.82 Å². The first-order chi connectivity index (χ1) is 5.77. The number of aromatic nitrogens is 3. The number of carbonyl (C=O) groups is 1. The number of rotatable bonds is 1. The van der Waals surface area contributed by atoms with Gasteiger partial charge in [0, 0.05) is 13.0 Å². The fourth-order valence-electron chi connectivity index (χ4n) is 1.24. The van der Waals surface area contributed by atoms with Crippen LogP contribution in [0, 0.1) is 5.92 Å². The summed E-state index contributed by atoms with van der Waals surface area (Å²) in [5.41, 5.74) is 0.702. The summed E-state index contributed by atoms with van der Waals surface area (Å²) < 4.78 is 0. The number of hydrogen-bond donors (Lipinski definition) is 3. The van der Waals surface area contributed by atoms with Crippen LogP contribution in [-0.4, -0.2) is 33.0 Å². The molecule has 1 aromatic rings. The maximum Gasteiger partial charge on any atom is 0.308 e. The number of hydrogen-bond acceptors (Lipinski definition) is 4. The number of nitrogens with zero attached hydrogens (tertiary/aromatic N) is 2. The van der Waals surface area contributed by atoms with E-state index in [1.54, 1.807) is 0 Å². The Morgan fingerprint density at radius 3 is 3.17 bits per heavy atom. The maximum absolute atomic E-state index is 10.6. The molecule has 6 nitrogen and oxygen atoms in total. The predicted octanol–water partition coefficient (Wildman–Crippen LogP) is -0.527. The molecule has 0 saturated carbocycles. The number of anilines is 1. The Morgan fingerprint density at radius 2 is 2.42 bits per heavy atom. The molecular formula is C6H8N4O2. The second-order valence-electron chi connectivity index (χ2n) is 2.74. The molecule has 0 amide bonds. The number of aliphatic carboxylic acids is 1. The van der Waals surface area contributed by atoms with E-state index in [0.29, 0.717) is 24.5 Å². The van der Waals surface area contributed by atoms with Gasteiger partial charge in [-0.05, 0) is 0 Å². The van der Waals surface area contributed by atoms with Gasteiger partial charge in [0.2, 0.25) is 0 Å². The van der Waals surface area contributed by atoms with Gasteiger partial charge in [-0.3, -0.25) is 4.79 Å². The summed E-state index contributed by atoms with van der Waals surface area (Å²) in [5.74, 6) is -0.508. The summed E-state index contributed by atoms with van der Waals surface area (Å²) >= 11 is 0. The molecule has 3 N–H and O–H groups in total. The Labute approximate surface area is 68.0 Å². The number of nitrogens with one attached hydrogen (secondary N) is 2. The van der Waals surface area contributed by atoms with E-state index in [-0.39, 0.29) is 5.92 Å². The Balaban J connectivity index is 2.20. The van der Waals surface area contributed by atoms with Gasteiger partial charge in [0.1, 0.15) is 5.69 Å². The molecule has 64 valence electrons. The summed E-state index contributed by atoms with van der Waals surface area (Å²) in [6.07, 6.45) is 0.453. The zero-order chi connectivity index (χ0) is 8.55. The van der Waals surface area contributed by atoms with E-state index in [4.69, 9.17) is 5.11 Å². The molecule has 2 heterocycles. The van der Waals surface area contributed by atoms with Crippen LogP contribution in [0.2, 0.25) is 0 Å². The van der Waals surface area contributed by atoms with Gasteiger partial charge in [-0.2, -0.15) is 10.3 Å². The van der Waals surface area contributed by atoms with Gasteiger partial charge >= 0.3 is 5.97 Å². The molecule has 0 saturated heterocycles. The molecule has 6 heteroatoms. The highest BCUT2D eigenvalue weighted by atomic mass is 16.4. The number of aromatic amines is 1. The average molecular weight is 168 g/mol. The van der Waals surface area contributed by atoms with Gasteiger partial charge in [0.25, 0.3) is 0 Å². The van der Waals surface area contributed by atoms with Gasteiger partial charge in [0.05, 0.1) is 5.92 Å². The zero-order valence-electron chi connectivity index (χ0n) is 6.24. The monoisotopic (exact) mass is 168 g/mol. The number of fused-ring (bicyclic) bond motifs is 1. The van der Waals surface area contributed by atoms with Crippen molar-refractivity contribution >= 4 is 11.8 Å². The minimum Gasteiger partial charge on any atom is -0.481 e. The minimum atomic E-state index is -0.795. The molecule has 1 aliphatic heterocycles. The summed E-state index contributed by atoms with van der Waals surface area (Å²) in [5, 5.41) is 21.7. The van der Waals surface area contributed by atoms with E-state index in [0.717, 1.165) is 0 Å². The van der Waals surface area contributed by atoms with E-state index < -0.39 is 5.97 Å². The topological polar surface area (TPSA) is 90.9 Å². The molecule has 0 aromatic carbocycles. The molecule has 1 aliphatic rings. The second kappa shape index (κ2) is 2.47. The zero-order valence-corrected chi connectivity index (χ0v) is 6.24. The molecular weight excluding hydrogens is 160 g/mol. The highest BCUT2D eigenvalue weighted by Gasteiger charge is 2.26. The first-order valence-electron chi connectivity index (χ1n) is 3.63. The van der Waals surface area contributed by atoms with Crippen molar-refractivity contribution in [3.63, 3.8) is 0 Å². The lowest BCUT2D eigenvalue weighted by molar-refractivity contribution is -0.141. The van der Waals surface area contributed by atoms with Crippen molar-refractivity contribution < 1.29 is 9.90 Å². The molecule has 0 fully saturated rings. The third kappa shape index (κ3) is 1.01. The van der Waals surface area contributed by atoms with Crippen LogP contribution in [-0.2, 0) is 11.2 Å². The largest absolute Gasteiger partial charge is 0.481 e. The second-order valence-corrected chi connectivity index (χ2v) is 2.74. The van der Waals surface area contributed by atoms with Crippen molar-refractivity contribution in [3.05, 3.63) is 5.69 Å². The van der Waals surface area contributed by atoms with E-state index in [1.165, 1.54) is 0 Å². The summed E-state index contributed by atoms with van der Waals surface area (Å²) in [4.78, 5) is 10.6. The van der Waals surface area contributed by atoms with Crippen molar-refractivity contribution in [2.75, 3.05) is 11.9 Å². The van der Waals surface area contributed by atoms with Crippen LogP contribution in [0.15, 0.2) is 0 Å². The predicted molar refractivity (Wildman–Crippen MR) is 39.7 cm³/mol. The molecule has 0 aliphatic carbocycles. The molecule has 0 bridgehead atoms. The van der Waals surface area contributed by atoms with E-state index in [9.17, 15) is 4.79 Å². The summed E-state index contributed by atoms with van der Waals surface area (Å²) in [6.45, 7) is 0.425. The molecule has 2 rings (SSSR count). The van der Waals surface area contributed by atoms with Gasteiger partial charge in [-0.15, -0.1) is 5.10 Å². The van der Waals surface area contributed by atoms with E-state index >= 15 is 0 Å². The minimum absolute atomic E-state index is 0.386. The van der Waals surface area contributed by atoms with Crippen LogP contribution in [0.4, 0.5) is 5.82 Å². The Bertz CT molecular complexity index is 308. The quantitative estimate of drug-likeness (QED) is 0.524. The molecule has 1 unspecified atom stereocenters. The Morgan fingerprint density at radius 1 is 1.58 bits per heavy atom. The third-order valence-corrected chi connectivity index (χ3v) is 1.93. The number of carboxylic acid groups (broad SMARTS) is 1. The molecule has 1 atom stereocenters. The number of carboxylic acids is 1. The highest BCUT2D eigenvalue weighted by Crippen LogP contribution is 2.19. The fraction of sp³-hybridized carbons (Fsp3) is 0.500. The molecule has 0 radical (unpaired) electrons. The first kappa shape index (κ1) is 7.08. The molecule has 12 heavy (non-hydrogen) atoms. The maximum atomic E-state index is 10.6. The molecule has 0 spiro atoms. The van der Waals surface area contributed by atoms with Gasteiger partial charge in [-0.1, -0.05) is 0 Å². The van der Waals surface area contributed by atoms with Crippen LogP contribution in [0.3, 0.4) is 0 Å². The van der Waals surface area contributed by atoms with Crippen LogP contribution in [0.1, 0.15) is 5.69 Å². The van der Waals surface area contributed by atoms with Crippen LogP contribution in [0.25, 0.3) is 0 Å². The SMILES string of the molecule is O=C(O)C1CNc2n[nH]nc2C1. The lowest BCUT2D eigenvalue weighted by atomic mass is 10.0. The van der Waals surface area contributed by atoms with Crippen molar-refractivity contribution in [2.24, 2.45) is 5.92 Å². The van der Waals surface area contributed by atoms with Gasteiger partial charge in [-0.25, -0.2) is 0 Å². The highest BCUT2D eigenvalue weighted by molar-refractivity contribution is 5.72. The molecule has 1 aromatic heterocycles. The Kier molecular flexibility index (Phi) is 1.46. The smallest absolute Gasteiger partial charge is 0.308 e. The lowest BCUT2D eigenvalue weighted by Gasteiger charge is -2.17. The van der Waals surface area contributed by atoms with Crippen LogP contribution >= 0.6 is 0 Å². The average Bonchev–Trinajstić information content (AvgIpc) is 2.49. The fourth-order valence-corrected chi connectivity index (χ4v) is 1.24. The van der Waals surface area contributed by atoms with Crippen molar-refractivity contribution in [3.8, 4) is 0 Å². The normalized spacial score (nSPS) is 21.2. The van der Waals surface area contributed by atoms with Crippen molar-refractivity contribution in [1.29, 1.82) is 0 Å². The van der Waals surface area contributed by atoms with Crippen LogP contribution < -0.4 is 5.32 Å². The third-order valence-electron chi connectivity index (χ3n) is 1.93.